The van der Waals surface area contributed by atoms with Crippen LogP contribution in [0.2, 0.25) is 0 Å². The van der Waals surface area contributed by atoms with E-state index in [2.05, 4.69) is 23.0 Å². The number of hydrogen-bond acceptors (Lipinski definition) is 8. The van der Waals surface area contributed by atoms with Crippen molar-refractivity contribution in [3.8, 4) is 23.0 Å². The van der Waals surface area contributed by atoms with Gasteiger partial charge in [0.15, 0.2) is 0 Å². The molecule has 3 rings (SSSR count). The van der Waals surface area contributed by atoms with E-state index in [9.17, 15) is 49.5 Å². The Bertz CT molecular complexity index is 1790. The number of carbonyl (C=O) groups is 3. The van der Waals surface area contributed by atoms with Crippen LogP contribution < -0.4 is 18.9 Å². The van der Waals surface area contributed by atoms with Gasteiger partial charge >= 0.3 is 30.3 Å². The maximum Gasteiger partial charge on any atom is 0.420 e. The lowest BCUT2D eigenvalue weighted by atomic mass is 10.0. The molecule has 0 aromatic heterocycles. The summed E-state index contributed by atoms with van der Waals surface area (Å²) in [7, 11) is 0. The van der Waals surface area contributed by atoms with Gasteiger partial charge in [-0.2, -0.15) is 26.3 Å². The van der Waals surface area contributed by atoms with E-state index < -0.39 is 75.6 Å². The van der Waals surface area contributed by atoms with Crippen LogP contribution in [0.15, 0.2) is 61.2 Å². The molecule has 16 heteroatoms. The van der Waals surface area contributed by atoms with Gasteiger partial charge in [0, 0.05) is 18.2 Å². The molecule has 0 atom stereocenters. The molecule has 0 unspecified atom stereocenters. The van der Waals surface area contributed by atoms with Crippen LogP contribution >= 0.6 is 0 Å². The summed E-state index contributed by atoms with van der Waals surface area (Å²) in [5.74, 6) is -9.99. The molecule has 0 aliphatic carbocycles. The van der Waals surface area contributed by atoms with Crippen molar-refractivity contribution in [1.82, 2.24) is 0 Å². The van der Waals surface area contributed by atoms with E-state index >= 15 is 0 Å². The average molecular weight is 803 g/mol. The Hall–Kier alpha value is -5.15. The minimum Gasteiger partial charge on any atom is -0.493 e. The molecule has 0 N–H and O–H groups in total. The van der Waals surface area contributed by atoms with Gasteiger partial charge in [-0.15, -0.1) is 0 Å². The third kappa shape index (κ3) is 14.2. The van der Waals surface area contributed by atoms with Gasteiger partial charge < -0.3 is 23.7 Å². The quantitative estimate of drug-likeness (QED) is 0.0326. The molecule has 0 heterocycles. The third-order valence-electron chi connectivity index (χ3n) is 8.16. The minimum absolute atomic E-state index is 0.0131. The molecule has 0 spiro atoms. The van der Waals surface area contributed by atoms with Gasteiger partial charge in [-0.1, -0.05) is 52.0 Å². The largest absolute Gasteiger partial charge is 0.493 e. The van der Waals surface area contributed by atoms with Gasteiger partial charge in [0.05, 0.1) is 30.9 Å². The maximum atomic E-state index is 14.9. The highest BCUT2D eigenvalue weighted by atomic mass is 19.4. The maximum absolute atomic E-state index is 14.9. The summed E-state index contributed by atoms with van der Waals surface area (Å²) in [5, 5.41) is 0. The lowest BCUT2D eigenvalue weighted by molar-refractivity contribution is -0.163. The lowest BCUT2D eigenvalue weighted by Gasteiger charge is -2.21. The number of esters is 3. The number of hydrogen-bond donors (Lipinski definition) is 0. The van der Waals surface area contributed by atoms with Crippen molar-refractivity contribution in [3.05, 3.63) is 95.1 Å². The second-order valence-electron chi connectivity index (χ2n) is 12.5. The van der Waals surface area contributed by atoms with E-state index in [-0.39, 0.29) is 43.5 Å². The van der Waals surface area contributed by atoms with Crippen LogP contribution in [-0.4, -0.2) is 37.7 Å². The fourth-order valence-corrected chi connectivity index (χ4v) is 5.34. The zero-order valence-electron chi connectivity index (χ0n) is 30.6. The zero-order chi connectivity index (χ0) is 41.3. The van der Waals surface area contributed by atoms with Crippen LogP contribution in [0.1, 0.15) is 109 Å². The Labute approximate surface area is 318 Å². The molecule has 0 aliphatic heterocycles. The van der Waals surface area contributed by atoms with Gasteiger partial charge in [0.1, 0.15) is 45.8 Å². The number of rotatable bonds is 22. The Morgan fingerprint density at radius 3 is 1.36 bits per heavy atom. The van der Waals surface area contributed by atoms with Crippen molar-refractivity contribution in [2.24, 2.45) is 0 Å². The van der Waals surface area contributed by atoms with Gasteiger partial charge in [-0.3, -0.25) is 0 Å². The Morgan fingerprint density at radius 2 is 0.982 bits per heavy atom. The first-order chi connectivity index (χ1) is 26.6. The summed E-state index contributed by atoms with van der Waals surface area (Å²) in [4.78, 5) is 36.5. The molecular formula is C40H42F8O8. The van der Waals surface area contributed by atoms with E-state index in [1.807, 2.05) is 0 Å². The molecule has 0 bridgehead atoms. The molecule has 306 valence electrons. The van der Waals surface area contributed by atoms with E-state index in [0.29, 0.717) is 32.1 Å². The van der Waals surface area contributed by atoms with Crippen molar-refractivity contribution in [3.63, 3.8) is 0 Å². The standard InChI is InChI=1S/C40H42F8O8/c1-3-5-6-7-8-9-12-21-52-26-15-17-28(30(41)24-26)37(50)55-32-19-20-33(36(40(46,47)48)35(32)39(43,44)45)56-38(51)29-18-16-27(25-31(29)42)53-22-13-10-11-14-23-54-34(49)4-2/h4,15-20,24-25H,2-3,5-14,21-23H2,1H3. The second kappa shape index (κ2) is 21.8. The van der Waals surface area contributed by atoms with Crippen LogP contribution in [-0.2, 0) is 21.9 Å². The van der Waals surface area contributed by atoms with Gasteiger partial charge in [-0.25, -0.2) is 23.2 Å². The Morgan fingerprint density at radius 1 is 0.589 bits per heavy atom. The van der Waals surface area contributed by atoms with Crippen LogP contribution in [0.25, 0.3) is 0 Å². The summed E-state index contributed by atoms with van der Waals surface area (Å²) in [6, 6.07) is 6.04. The third-order valence-corrected chi connectivity index (χ3v) is 8.16. The van der Waals surface area contributed by atoms with Crippen LogP contribution in [0.4, 0.5) is 35.1 Å². The van der Waals surface area contributed by atoms with Crippen molar-refractivity contribution in [2.45, 2.75) is 89.9 Å². The van der Waals surface area contributed by atoms with E-state index in [1.165, 1.54) is 0 Å². The molecule has 3 aromatic carbocycles. The molecule has 0 saturated heterocycles. The number of ether oxygens (including phenoxy) is 5. The lowest BCUT2D eigenvalue weighted by Crippen LogP contribution is -2.23. The summed E-state index contributed by atoms with van der Waals surface area (Å²) in [6.07, 6.45) is -1.22. The number of unbranched alkanes of at least 4 members (excludes halogenated alkanes) is 9. The van der Waals surface area contributed by atoms with Gasteiger partial charge in [0.2, 0.25) is 0 Å². The summed E-state index contributed by atoms with van der Waals surface area (Å²) >= 11 is 0. The van der Waals surface area contributed by atoms with Crippen LogP contribution in [0.5, 0.6) is 23.0 Å². The normalized spacial score (nSPS) is 11.5. The highest BCUT2D eigenvalue weighted by molar-refractivity contribution is 5.93. The number of alkyl halides is 6. The number of benzene rings is 3. The fraction of sp³-hybridized carbons (Fsp3) is 0.425. The van der Waals surface area contributed by atoms with E-state index in [0.717, 1.165) is 81.0 Å². The molecule has 0 aliphatic rings. The first kappa shape index (κ1) is 45.2. The van der Waals surface area contributed by atoms with E-state index in [4.69, 9.17) is 14.2 Å². The van der Waals surface area contributed by atoms with Crippen molar-refractivity contribution >= 4 is 17.9 Å². The highest BCUT2D eigenvalue weighted by Gasteiger charge is 2.49. The molecule has 0 amide bonds. The first-order valence-electron chi connectivity index (χ1n) is 18.0. The van der Waals surface area contributed by atoms with Gasteiger partial charge in [-0.05, 0) is 68.5 Å². The molecule has 8 nitrogen and oxygen atoms in total. The SMILES string of the molecule is C=CC(=O)OCCCCCCOc1ccc(C(=O)Oc2ccc(OC(=O)c3ccc(OCCCCCCCCC)cc3F)c(C(F)(F)F)c2C(F)(F)F)c(F)c1. The van der Waals surface area contributed by atoms with Gasteiger partial charge in [0.25, 0.3) is 0 Å². The molecule has 3 aromatic rings. The molecule has 0 radical (unpaired) electrons. The minimum atomic E-state index is -5.85. The zero-order valence-corrected chi connectivity index (χ0v) is 30.6. The summed E-state index contributed by atoms with van der Waals surface area (Å²) in [5.41, 5.74) is -6.90. The molecule has 56 heavy (non-hydrogen) atoms. The number of halogens is 8. The summed E-state index contributed by atoms with van der Waals surface area (Å²) in [6.45, 7) is 5.95. The van der Waals surface area contributed by atoms with Crippen molar-refractivity contribution in [2.75, 3.05) is 19.8 Å². The molecule has 0 saturated carbocycles. The Kier molecular flexibility index (Phi) is 17.6. The highest BCUT2D eigenvalue weighted by Crippen LogP contribution is 2.49. The van der Waals surface area contributed by atoms with Crippen molar-refractivity contribution in [1.29, 1.82) is 0 Å². The first-order valence-corrected chi connectivity index (χ1v) is 18.0. The Balaban J connectivity index is 1.70. The molecular weight excluding hydrogens is 760 g/mol. The van der Waals surface area contributed by atoms with Crippen molar-refractivity contribution < 1.29 is 73.2 Å². The fourth-order valence-electron chi connectivity index (χ4n) is 5.34. The summed E-state index contributed by atoms with van der Waals surface area (Å²) < 4.78 is 140. The predicted molar refractivity (Wildman–Crippen MR) is 188 cm³/mol. The topological polar surface area (TPSA) is 97.4 Å². The van der Waals surface area contributed by atoms with E-state index in [1.54, 1.807) is 0 Å². The smallest absolute Gasteiger partial charge is 0.420 e. The van der Waals surface area contributed by atoms with Crippen LogP contribution in [0.3, 0.4) is 0 Å². The van der Waals surface area contributed by atoms with Crippen LogP contribution in [0, 0.1) is 11.6 Å². The molecule has 0 fully saturated rings. The predicted octanol–water partition coefficient (Wildman–Crippen LogP) is 11.2. The second-order valence-corrected chi connectivity index (χ2v) is 12.5. The number of carbonyl (C=O) groups excluding carboxylic acids is 3. The monoisotopic (exact) mass is 802 g/mol. The average Bonchev–Trinajstić information content (AvgIpc) is 3.13.